The summed E-state index contributed by atoms with van der Waals surface area (Å²) in [7, 11) is 0. The molecule has 0 bridgehead atoms. The summed E-state index contributed by atoms with van der Waals surface area (Å²) in [6, 6.07) is 0. The molecule has 0 saturated heterocycles. The topological polar surface area (TPSA) is 49.3 Å². The number of amides is 1. The molecule has 1 amide bonds. The van der Waals surface area contributed by atoms with Gasteiger partial charge in [-0.1, -0.05) is 154 Å². The Morgan fingerprint density at radius 1 is 0.424 bits per heavy atom. The number of carbonyl (C=O) groups excluding carboxylic acids is 1. The lowest BCUT2D eigenvalue weighted by Gasteiger charge is -2.04. The van der Waals surface area contributed by atoms with Gasteiger partial charge in [-0.25, -0.2) is 5.48 Å². The van der Waals surface area contributed by atoms with Gasteiger partial charge in [-0.05, 0) is 12.8 Å². The maximum Gasteiger partial charge on any atom is 0.243 e. The van der Waals surface area contributed by atoms with E-state index in [0.29, 0.717) is 6.42 Å². The van der Waals surface area contributed by atoms with Crippen LogP contribution in [0.2, 0.25) is 0 Å². The highest BCUT2D eigenvalue weighted by atomic mass is 35.5. The first-order valence-electron chi connectivity index (χ1n) is 14.8. The molecule has 0 fully saturated rings. The summed E-state index contributed by atoms with van der Waals surface area (Å²) in [5, 5.41) is 8.43. The van der Waals surface area contributed by atoms with Crippen LogP contribution in [0, 0.1) is 0 Å². The fraction of sp³-hybridized carbons (Fsp3) is 0.966. The van der Waals surface area contributed by atoms with Crippen LogP contribution in [0.15, 0.2) is 0 Å². The third-order valence-corrected chi connectivity index (χ3v) is 7.18. The van der Waals surface area contributed by atoms with E-state index in [1.807, 2.05) is 0 Å². The summed E-state index contributed by atoms with van der Waals surface area (Å²) in [6.07, 6.45) is 36.0. The molecular weight excluding hydrogens is 430 g/mol. The van der Waals surface area contributed by atoms with Gasteiger partial charge in [0.2, 0.25) is 5.91 Å². The number of hydrogen-bond acceptors (Lipinski definition) is 2. The van der Waals surface area contributed by atoms with Crippen LogP contribution in [0.3, 0.4) is 0 Å². The van der Waals surface area contributed by atoms with Crippen molar-refractivity contribution in [2.45, 2.75) is 173 Å². The standard InChI is InChI=1S/C29H58ClNO2/c30-28-26-24-22-20-18-16-14-12-10-8-6-4-2-1-3-5-7-9-11-13-15-17-19-21-23-25-27-29(32)31-33/h33H,1-28H2,(H,31,32). The largest absolute Gasteiger partial charge is 0.289 e. The third-order valence-electron chi connectivity index (χ3n) is 6.91. The van der Waals surface area contributed by atoms with Gasteiger partial charge < -0.3 is 0 Å². The minimum Gasteiger partial charge on any atom is -0.289 e. The molecule has 0 aromatic carbocycles. The van der Waals surface area contributed by atoms with Crippen LogP contribution in [0.25, 0.3) is 0 Å². The number of halogens is 1. The molecule has 0 rings (SSSR count). The minimum atomic E-state index is -0.257. The number of unbranched alkanes of at least 4 members (excludes halogenated alkanes) is 25. The fourth-order valence-electron chi connectivity index (χ4n) is 4.68. The number of alkyl halides is 1. The van der Waals surface area contributed by atoms with E-state index in [-0.39, 0.29) is 5.91 Å². The van der Waals surface area contributed by atoms with Crippen molar-refractivity contribution in [1.29, 1.82) is 0 Å². The Morgan fingerprint density at radius 3 is 0.848 bits per heavy atom. The highest BCUT2D eigenvalue weighted by Crippen LogP contribution is 2.16. The van der Waals surface area contributed by atoms with Gasteiger partial charge in [-0.3, -0.25) is 10.0 Å². The molecule has 0 aliphatic heterocycles. The summed E-state index contributed by atoms with van der Waals surface area (Å²) >= 11 is 5.71. The zero-order chi connectivity index (χ0) is 24.1. The summed E-state index contributed by atoms with van der Waals surface area (Å²) in [5.74, 6) is 0.578. The quantitative estimate of drug-likeness (QED) is 0.0498. The SMILES string of the molecule is O=C(CCCCCCCCCCCCCCCCCCCCCCCCCCCCCl)NO. The molecule has 33 heavy (non-hydrogen) atoms. The molecule has 0 aliphatic carbocycles. The average molecular weight is 488 g/mol. The lowest BCUT2D eigenvalue weighted by Crippen LogP contribution is -2.17. The Labute approximate surface area is 212 Å². The number of nitrogens with one attached hydrogen (secondary N) is 1. The van der Waals surface area contributed by atoms with Crippen LogP contribution >= 0.6 is 11.6 Å². The van der Waals surface area contributed by atoms with Crippen molar-refractivity contribution in [3.05, 3.63) is 0 Å². The van der Waals surface area contributed by atoms with Crippen LogP contribution in [0.4, 0.5) is 0 Å². The van der Waals surface area contributed by atoms with Crippen LogP contribution in [0.5, 0.6) is 0 Å². The van der Waals surface area contributed by atoms with E-state index < -0.39 is 0 Å². The van der Waals surface area contributed by atoms with Crippen molar-refractivity contribution < 1.29 is 10.0 Å². The monoisotopic (exact) mass is 487 g/mol. The molecule has 0 radical (unpaired) electrons. The van der Waals surface area contributed by atoms with E-state index in [1.54, 1.807) is 5.48 Å². The summed E-state index contributed by atoms with van der Waals surface area (Å²) in [4.78, 5) is 10.9. The van der Waals surface area contributed by atoms with E-state index in [9.17, 15) is 4.79 Å². The number of hydrogen-bond donors (Lipinski definition) is 2. The second kappa shape index (κ2) is 29.8. The van der Waals surface area contributed by atoms with Crippen LogP contribution in [-0.2, 0) is 4.79 Å². The highest BCUT2D eigenvalue weighted by Gasteiger charge is 1.99. The van der Waals surface area contributed by atoms with Gasteiger partial charge in [-0.15, -0.1) is 11.6 Å². The number of hydroxylamine groups is 1. The van der Waals surface area contributed by atoms with Gasteiger partial charge in [0.05, 0.1) is 0 Å². The van der Waals surface area contributed by atoms with Gasteiger partial charge >= 0.3 is 0 Å². The number of carbonyl (C=O) groups is 1. The van der Waals surface area contributed by atoms with Crippen LogP contribution in [-0.4, -0.2) is 17.0 Å². The second-order valence-electron chi connectivity index (χ2n) is 10.2. The van der Waals surface area contributed by atoms with E-state index in [1.165, 1.54) is 154 Å². The average Bonchev–Trinajstić information content (AvgIpc) is 2.83. The van der Waals surface area contributed by atoms with Crippen molar-refractivity contribution >= 4 is 17.5 Å². The lowest BCUT2D eigenvalue weighted by atomic mass is 10.0. The Morgan fingerprint density at radius 2 is 0.636 bits per heavy atom. The Balaban J connectivity index is 3.02. The molecule has 0 unspecified atom stereocenters. The zero-order valence-corrected chi connectivity index (χ0v) is 22.8. The van der Waals surface area contributed by atoms with Gasteiger partial charge in [-0.2, -0.15) is 0 Å². The third kappa shape index (κ3) is 29.7. The second-order valence-corrected chi connectivity index (χ2v) is 10.5. The fourth-order valence-corrected chi connectivity index (χ4v) is 4.87. The summed E-state index contributed by atoms with van der Waals surface area (Å²) in [6.45, 7) is 0. The Hall–Kier alpha value is -0.280. The first-order valence-corrected chi connectivity index (χ1v) is 15.3. The van der Waals surface area contributed by atoms with Crippen LogP contribution < -0.4 is 5.48 Å². The maximum absolute atomic E-state index is 10.9. The van der Waals surface area contributed by atoms with E-state index in [4.69, 9.17) is 16.8 Å². The zero-order valence-electron chi connectivity index (χ0n) is 22.0. The minimum absolute atomic E-state index is 0.257. The molecule has 4 heteroatoms. The van der Waals surface area contributed by atoms with E-state index in [0.717, 1.165) is 18.7 Å². The van der Waals surface area contributed by atoms with Crippen LogP contribution in [0.1, 0.15) is 173 Å². The molecule has 0 atom stereocenters. The highest BCUT2D eigenvalue weighted by molar-refractivity contribution is 6.17. The Bertz CT molecular complexity index is 379. The summed E-state index contributed by atoms with van der Waals surface area (Å²) in [5.41, 5.74) is 1.69. The molecule has 0 saturated carbocycles. The Kier molecular flexibility index (Phi) is 29.5. The molecule has 3 nitrogen and oxygen atoms in total. The first-order chi connectivity index (χ1) is 16.3. The van der Waals surface area contributed by atoms with Gasteiger partial charge in [0.15, 0.2) is 0 Å². The molecule has 0 heterocycles. The van der Waals surface area contributed by atoms with Gasteiger partial charge in [0.1, 0.15) is 0 Å². The van der Waals surface area contributed by atoms with Gasteiger partial charge in [0, 0.05) is 12.3 Å². The lowest BCUT2D eigenvalue weighted by molar-refractivity contribution is -0.129. The molecule has 0 aromatic heterocycles. The van der Waals surface area contributed by atoms with Crippen molar-refractivity contribution in [3.8, 4) is 0 Å². The molecule has 198 valence electrons. The first kappa shape index (κ1) is 32.7. The van der Waals surface area contributed by atoms with Crippen molar-refractivity contribution in [3.63, 3.8) is 0 Å². The molecule has 2 N–H and O–H groups in total. The summed E-state index contributed by atoms with van der Waals surface area (Å²) < 4.78 is 0. The maximum atomic E-state index is 10.9. The normalized spacial score (nSPS) is 11.2. The van der Waals surface area contributed by atoms with E-state index >= 15 is 0 Å². The number of rotatable bonds is 28. The smallest absolute Gasteiger partial charge is 0.243 e. The van der Waals surface area contributed by atoms with E-state index in [2.05, 4.69) is 0 Å². The molecule has 0 aromatic rings. The predicted molar refractivity (Wildman–Crippen MR) is 145 cm³/mol. The molecule has 0 aliphatic rings. The van der Waals surface area contributed by atoms with Crippen molar-refractivity contribution in [2.24, 2.45) is 0 Å². The van der Waals surface area contributed by atoms with Crippen molar-refractivity contribution in [1.82, 2.24) is 5.48 Å². The predicted octanol–water partition coefficient (Wildman–Crippen LogP) is 10.3. The van der Waals surface area contributed by atoms with Gasteiger partial charge in [0.25, 0.3) is 0 Å². The van der Waals surface area contributed by atoms with Crippen molar-refractivity contribution in [2.75, 3.05) is 5.88 Å². The molecule has 0 spiro atoms. The molecular formula is C29H58ClNO2.